The van der Waals surface area contributed by atoms with Crippen molar-refractivity contribution < 1.29 is 27.1 Å². The summed E-state index contributed by atoms with van der Waals surface area (Å²) in [5.74, 6) is 0.943. The van der Waals surface area contributed by atoms with E-state index in [4.69, 9.17) is 9.15 Å². The molecule has 8 heteroatoms. The van der Waals surface area contributed by atoms with Gasteiger partial charge in [0.05, 0.1) is 12.7 Å². The van der Waals surface area contributed by atoms with Gasteiger partial charge in [0.2, 0.25) is 0 Å². The second-order valence-electron chi connectivity index (χ2n) is 8.83. The van der Waals surface area contributed by atoms with Gasteiger partial charge in [-0.1, -0.05) is 12.1 Å². The van der Waals surface area contributed by atoms with Crippen LogP contribution in [0.15, 0.2) is 71.1 Å². The fraction of sp³-hybridized carbons (Fsp3) is 0.250. The minimum atomic E-state index is -4.39. The third-order valence-corrected chi connectivity index (χ3v) is 5.86. The van der Waals surface area contributed by atoms with Gasteiger partial charge in [0, 0.05) is 22.2 Å². The molecule has 0 aliphatic heterocycles. The van der Waals surface area contributed by atoms with Crippen LogP contribution in [0.4, 0.5) is 18.9 Å². The van der Waals surface area contributed by atoms with Crippen molar-refractivity contribution in [2.24, 2.45) is 0 Å². The van der Waals surface area contributed by atoms with Gasteiger partial charge in [-0.2, -0.15) is 13.2 Å². The van der Waals surface area contributed by atoms with Gasteiger partial charge >= 0.3 is 6.18 Å². The fourth-order valence-corrected chi connectivity index (χ4v) is 3.99. The van der Waals surface area contributed by atoms with Gasteiger partial charge in [-0.05, 0) is 93.6 Å². The number of furan rings is 1. The third-order valence-electron chi connectivity index (χ3n) is 5.86. The van der Waals surface area contributed by atoms with Crippen LogP contribution in [0.5, 0.6) is 5.75 Å². The first-order valence-electron chi connectivity index (χ1n) is 11.5. The summed E-state index contributed by atoms with van der Waals surface area (Å²) in [5, 5.41) is 3.63. The number of carbonyl (C=O) groups excluding carboxylic acids is 1. The molecule has 3 aromatic carbocycles. The number of amides is 1. The third kappa shape index (κ3) is 5.88. The van der Waals surface area contributed by atoms with Crippen molar-refractivity contribution in [2.75, 3.05) is 33.1 Å². The first kappa shape index (κ1) is 25.3. The van der Waals surface area contributed by atoms with Crippen LogP contribution in [-0.4, -0.2) is 38.6 Å². The van der Waals surface area contributed by atoms with Crippen LogP contribution in [0.1, 0.15) is 27.9 Å². The molecule has 4 aromatic rings. The second kappa shape index (κ2) is 10.5. The molecule has 0 aliphatic rings. The number of rotatable bonds is 8. The molecule has 0 saturated carbocycles. The number of halogens is 3. The van der Waals surface area contributed by atoms with Gasteiger partial charge in [0.1, 0.15) is 17.1 Å². The maximum Gasteiger partial charge on any atom is 0.416 e. The summed E-state index contributed by atoms with van der Waals surface area (Å²) in [4.78, 5) is 15.1. The molecule has 0 fully saturated rings. The quantitative estimate of drug-likeness (QED) is 0.289. The molecule has 0 radical (unpaired) electrons. The summed E-state index contributed by atoms with van der Waals surface area (Å²) >= 11 is 0. The number of ether oxygens (including phenoxy) is 1. The average Bonchev–Trinajstić information content (AvgIpc) is 3.27. The van der Waals surface area contributed by atoms with Gasteiger partial charge < -0.3 is 19.4 Å². The fourth-order valence-electron chi connectivity index (χ4n) is 3.99. The van der Waals surface area contributed by atoms with E-state index in [9.17, 15) is 18.0 Å². The number of aryl methyl sites for hydroxylation is 1. The summed E-state index contributed by atoms with van der Waals surface area (Å²) in [6, 6.07) is 17.1. The Morgan fingerprint density at radius 3 is 2.42 bits per heavy atom. The topological polar surface area (TPSA) is 54.7 Å². The van der Waals surface area contributed by atoms with Crippen LogP contribution in [0.2, 0.25) is 0 Å². The molecule has 188 valence electrons. The number of nitrogens with one attached hydrogen (secondary N) is 1. The van der Waals surface area contributed by atoms with Crippen molar-refractivity contribution >= 4 is 22.6 Å². The zero-order chi connectivity index (χ0) is 25.9. The van der Waals surface area contributed by atoms with E-state index in [1.54, 1.807) is 43.5 Å². The minimum absolute atomic E-state index is 0.252. The van der Waals surface area contributed by atoms with E-state index in [-0.39, 0.29) is 5.91 Å². The number of hydrogen-bond acceptors (Lipinski definition) is 4. The van der Waals surface area contributed by atoms with Crippen molar-refractivity contribution in [1.29, 1.82) is 0 Å². The molecule has 0 aliphatic carbocycles. The first-order valence-corrected chi connectivity index (χ1v) is 11.5. The molecular formula is C28H27F3N2O3. The van der Waals surface area contributed by atoms with E-state index in [0.29, 0.717) is 28.2 Å². The van der Waals surface area contributed by atoms with E-state index in [2.05, 4.69) is 10.2 Å². The normalized spacial score (nSPS) is 11.8. The molecule has 5 nitrogen and oxygen atoms in total. The van der Waals surface area contributed by atoms with Crippen LogP contribution < -0.4 is 10.1 Å². The Morgan fingerprint density at radius 1 is 1.00 bits per heavy atom. The lowest BCUT2D eigenvalue weighted by atomic mass is 10.0. The van der Waals surface area contributed by atoms with Crippen molar-refractivity contribution in [3.8, 4) is 17.1 Å². The Bertz CT molecular complexity index is 1360. The summed E-state index contributed by atoms with van der Waals surface area (Å²) in [7, 11) is 5.65. The standard InChI is InChI=1S/C28H27F3N2O3/c1-33(2)14-4-5-19-15-20(8-12-24(19)35-3)27(34)32-23-11-13-25-21(16-23)17-26(36-25)18-6-9-22(10-7-18)28(29,30)31/h6-13,15-17H,4-5,14H2,1-3H3,(H,32,34). The predicted molar refractivity (Wildman–Crippen MR) is 134 cm³/mol. The number of benzene rings is 3. The SMILES string of the molecule is COc1ccc(C(=O)Nc2ccc3oc(-c4ccc(C(F)(F)F)cc4)cc3c2)cc1CCCN(C)C. The van der Waals surface area contributed by atoms with E-state index in [1.165, 1.54) is 12.1 Å². The zero-order valence-corrected chi connectivity index (χ0v) is 20.3. The van der Waals surface area contributed by atoms with Crippen LogP contribution in [-0.2, 0) is 12.6 Å². The van der Waals surface area contributed by atoms with Crippen LogP contribution in [0.25, 0.3) is 22.3 Å². The maximum atomic E-state index is 12.9. The monoisotopic (exact) mass is 496 g/mol. The van der Waals surface area contributed by atoms with Crippen LogP contribution in [0.3, 0.4) is 0 Å². The highest BCUT2D eigenvalue weighted by Crippen LogP contribution is 2.33. The van der Waals surface area contributed by atoms with Gasteiger partial charge in [-0.15, -0.1) is 0 Å². The summed E-state index contributed by atoms with van der Waals surface area (Å²) in [6.45, 7) is 0.929. The van der Waals surface area contributed by atoms with Crippen molar-refractivity contribution in [2.45, 2.75) is 19.0 Å². The molecule has 36 heavy (non-hydrogen) atoms. The Labute approximate surface area is 207 Å². The molecule has 0 bridgehead atoms. The number of alkyl halides is 3. The molecule has 0 spiro atoms. The molecular weight excluding hydrogens is 469 g/mol. The van der Waals surface area contributed by atoms with E-state index in [1.807, 2.05) is 20.2 Å². The van der Waals surface area contributed by atoms with Crippen LogP contribution >= 0.6 is 0 Å². The largest absolute Gasteiger partial charge is 0.496 e. The summed E-state index contributed by atoms with van der Waals surface area (Å²) in [5.41, 5.74) is 2.45. The average molecular weight is 497 g/mol. The number of methoxy groups -OCH3 is 1. The van der Waals surface area contributed by atoms with E-state index >= 15 is 0 Å². The molecule has 1 aromatic heterocycles. The first-order chi connectivity index (χ1) is 17.1. The molecule has 0 unspecified atom stereocenters. The smallest absolute Gasteiger partial charge is 0.416 e. The highest BCUT2D eigenvalue weighted by molar-refractivity contribution is 6.05. The van der Waals surface area contributed by atoms with Crippen molar-refractivity contribution in [3.63, 3.8) is 0 Å². The predicted octanol–water partition coefficient (Wildman–Crippen LogP) is 6.87. The Balaban J connectivity index is 1.51. The lowest BCUT2D eigenvalue weighted by Crippen LogP contribution is -2.14. The molecule has 0 atom stereocenters. The van der Waals surface area contributed by atoms with Crippen molar-refractivity contribution in [1.82, 2.24) is 4.90 Å². The minimum Gasteiger partial charge on any atom is -0.496 e. The van der Waals surface area contributed by atoms with Gasteiger partial charge in [-0.3, -0.25) is 4.79 Å². The van der Waals surface area contributed by atoms with Gasteiger partial charge in [0.25, 0.3) is 5.91 Å². The number of hydrogen-bond donors (Lipinski definition) is 1. The van der Waals surface area contributed by atoms with Gasteiger partial charge in [-0.25, -0.2) is 0 Å². The lowest BCUT2D eigenvalue weighted by Gasteiger charge is -2.13. The van der Waals surface area contributed by atoms with Crippen molar-refractivity contribution in [3.05, 3.63) is 83.4 Å². The molecule has 0 saturated heterocycles. The number of fused-ring (bicyclic) bond motifs is 1. The Morgan fingerprint density at radius 2 is 1.75 bits per heavy atom. The summed E-state index contributed by atoms with van der Waals surface area (Å²) in [6.07, 6.45) is -2.67. The highest BCUT2D eigenvalue weighted by Gasteiger charge is 2.30. The highest BCUT2D eigenvalue weighted by atomic mass is 19.4. The second-order valence-corrected chi connectivity index (χ2v) is 8.83. The Hall–Kier alpha value is -3.78. The van der Waals surface area contributed by atoms with E-state index < -0.39 is 11.7 Å². The van der Waals surface area contributed by atoms with Crippen LogP contribution in [0, 0.1) is 0 Å². The number of nitrogens with zero attached hydrogens (tertiary/aromatic N) is 1. The zero-order valence-electron chi connectivity index (χ0n) is 20.3. The molecule has 1 N–H and O–H groups in total. The summed E-state index contributed by atoms with van der Waals surface area (Å²) < 4.78 is 49.8. The lowest BCUT2D eigenvalue weighted by molar-refractivity contribution is -0.137. The molecule has 1 amide bonds. The number of anilines is 1. The Kier molecular flexibility index (Phi) is 7.35. The van der Waals surface area contributed by atoms with Gasteiger partial charge in [0.15, 0.2) is 0 Å². The molecule has 1 heterocycles. The molecule has 4 rings (SSSR count). The number of carbonyl (C=O) groups is 1. The maximum absolute atomic E-state index is 12.9. The van der Waals surface area contributed by atoms with E-state index in [0.717, 1.165) is 48.2 Å².